The normalized spacial score (nSPS) is 11.1. The van der Waals surface area contributed by atoms with Crippen molar-refractivity contribution in [3.8, 4) is 22.4 Å². The number of carbonyl (C=O) groups is 1. The smallest absolute Gasteiger partial charge is 0.354 e. The van der Waals surface area contributed by atoms with Gasteiger partial charge in [0.15, 0.2) is 0 Å². The van der Waals surface area contributed by atoms with Gasteiger partial charge in [0.1, 0.15) is 5.69 Å². The fraction of sp³-hybridized carbons (Fsp3) is 0. The molecule has 5 rings (SSSR count). The topological polar surface area (TPSA) is 66.0 Å². The Kier molecular flexibility index (Phi) is 3.69. The van der Waals surface area contributed by atoms with E-state index >= 15 is 0 Å². The number of fused-ring (bicyclic) bond motifs is 2. The summed E-state index contributed by atoms with van der Waals surface area (Å²) in [6.45, 7) is 0. The van der Waals surface area contributed by atoms with Crippen LogP contribution in [0.3, 0.4) is 0 Å². The first kappa shape index (κ1) is 16.3. The molecule has 0 aliphatic rings. The number of aromatic amines is 1. The molecule has 134 valence electrons. The maximum absolute atomic E-state index is 11.4. The predicted octanol–water partition coefficient (Wildman–Crippen LogP) is 5.75. The van der Waals surface area contributed by atoms with E-state index < -0.39 is 5.97 Å². The monoisotopic (exact) mass is 364 g/mol. The van der Waals surface area contributed by atoms with Crippen molar-refractivity contribution < 1.29 is 9.90 Å². The summed E-state index contributed by atoms with van der Waals surface area (Å²) in [5.74, 6) is -1.03. The number of H-pyrrole nitrogens is 1. The van der Waals surface area contributed by atoms with Gasteiger partial charge >= 0.3 is 5.97 Å². The number of rotatable bonds is 3. The van der Waals surface area contributed by atoms with Crippen LogP contribution < -0.4 is 0 Å². The first-order chi connectivity index (χ1) is 13.7. The first-order valence-electron chi connectivity index (χ1n) is 9.01. The molecule has 2 aromatic heterocycles. The number of nitrogens with one attached hydrogen (secondary N) is 1. The van der Waals surface area contributed by atoms with Crippen LogP contribution in [0.5, 0.6) is 0 Å². The number of aromatic nitrogens is 2. The molecule has 4 nitrogen and oxygen atoms in total. The minimum atomic E-state index is -1.03. The fourth-order valence-electron chi connectivity index (χ4n) is 3.78. The van der Waals surface area contributed by atoms with Gasteiger partial charge in [-0.05, 0) is 46.7 Å². The Balaban J connectivity index is 1.91. The molecule has 0 aliphatic heterocycles. The largest absolute Gasteiger partial charge is 0.477 e. The van der Waals surface area contributed by atoms with Crippen molar-refractivity contribution in [2.45, 2.75) is 0 Å². The van der Waals surface area contributed by atoms with Crippen molar-refractivity contribution in [1.82, 2.24) is 9.97 Å². The average molecular weight is 364 g/mol. The van der Waals surface area contributed by atoms with Crippen LogP contribution in [-0.4, -0.2) is 21.0 Å². The Bertz CT molecular complexity index is 1330. The van der Waals surface area contributed by atoms with E-state index in [1.165, 1.54) is 0 Å². The molecule has 0 radical (unpaired) electrons. The summed E-state index contributed by atoms with van der Waals surface area (Å²) in [6.07, 6.45) is 1.90. The molecule has 0 unspecified atom stereocenters. The SMILES string of the molecule is O=C(O)c1ccc2c(-c3cccc4ccccc34)c(-c3ccc[nH]3)ccc2n1. The average Bonchev–Trinajstić information content (AvgIpc) is 3.27. The third-order valence-electron chi connectivity index (χ3n) is 5.04. The van der Waals surface area contributed by atoms with Crippen LogP contribution in [0.4, 0.5) is 0 Å². The molecule has 0 saturated carbocycles. The zero-order chi connectivity index (χ0) is 19.1. The highest BCUT2D eigenvalue weighted by Crippen LogP contribution is 2.40. The summed E-state index contributed by atoms with van der Waals surface area (Å²) >= 11 is 0. The van der Waals surface area contributed by atoms with E-state index in [2.05, 4.69) is 34.2 Å². The van der Waals surface area contributed by atoms with Gasteiger partial charge in [-0.2, -0.15) is 0 Å². The molecule has 4 heteroatoms. The highest BCUT2D eigenvalue weighted by molar-refractivity contribution is 6.10. The van der Waals surface area contributed by atoms with Gasteiger partial charge in [-0.15, -0.1) is 0 Å². The van der Waals surface area contributed by atoms with Crippen LogP contribution in [0, 0.1) is 0 Å². The zero-order valence-corrected chi connectivity index (χ0v) is 14.9. The van der Waals surface area contributed by atoms with E-state index in [1.54, 1.807) is 6.07 Å². The Hall–Kier alpha value is -3.92. The van der Waals surface area contributed by atoms with Gasteiger partial charge in [0.25, 0.3) is 0 Å². The van der Waals surface area contributed by atoms with Crippen LogP contribution in [0.1, 0.15) is 10.5 Å². The molecular formula is C24H16N2O2. The van der Waals surface area contributed by atoms with E-state index in [1.807, 2.05) is 54.7 Å². The number of hydrogen-bond acceptors (Lipinski definition) is 2. The van der Waals surface area contributed by atoms with Crippen molar-refractivity contribution >= 4 is 27.6 Å². The van der Waals surface area contributed by atoms with Crippen LogP contribution in [0.25, 0.3) is 44.1 Å². The summed E-state index contributed by atoms with van der Waals surface area (Å²) in [4.78, 5) is 19.0. The van der Waals surface area contributed by atoms with Gasteiger partial charge in [0.2, 0.25) is 0 Å². The maximum atomic E-state index is 11.4. The molecule has 2 N–H and O–H groups in total. The quantitative estimate of drug-likeness (QED) is 0.428. The number of carboxylic acids is 1. The lowest BCUT2D eigenvalue weighted by atomic mass is 9.90. The molecule has 3 aromatic carbocycles. The predicted molar refractivity (Wildman–Crippen MR) is 111 cm³/mol. The summed E-state index contributed by atoms with van der Waals surface area (Å²) in [7, 11) is 0. The lowest BCUT2D eigenvalue weighted by Gasteiger charge is -2.15. The fourth-order valence-corrected chi connectivity index (χ4v) is 3.78. The Morgan fingerprint density at radius 2 is 1.64 bits per heavy atom. The lowest BCUT2D eigenvalue weighted by molar-refractivity contribution is 0.0691. The minimum absolute atomic E-state index is 0.0454. The number of carboxylic acid groups (broad SMARTS) is 1. The van der Waals surface area contributed by atoms with E-state index in [0.29, 0.717) is 5.52 Å². The third-order valence-corrected chi connectivity index (χ3v) is 5.04. The first-order valence-corrected chi connectivity index (χ1v) is 9.01. The van der Waals surface area contributed by atoms with E-state index in [9.17, 15) is 9.90 Å². The van der Waals surface area contributed by atoms with Gasteiger partial charge in [-0.3, -0.25) is 0 Å². The van der Waals surface area contributed by atoms with E-state index in [4.69, 9.17) is 0 Å². The molecule has 0 saturated heterocycles. The van der Waals surface area contributed by atoms with E-state index in [0.717, 1.165) is 38.5 Å². The number of pyridine rings is 1. The van der Waals surface area contributed by atoms with Crippen molar-refractivity contribution in [3.63, 3.8) is 0 Å². The van der Waals surface area contributed by atoms with Crippen molar-refractivity contribution in [1.29, 1.82) is 0 Å². The van der Waals surface area contributed by atoms with Gasteiger partial charge in [0.05, 0.1) is 5.52 Å². The van der Waals surface area contributed by atoms with Gasteiger partial charge in [-0.1, -0.05) is 48.5 Å². The van der Waals surface area contributed by atoms with Crippen molar-refractivity contribution in [2.75, 3.05) is 0 Å². The molecule has 0 amide bonds. The van der Waals surface area contributed by atoms with Crippen LogP contribution in [-0.2, 0) is 0 Å². The highest BCUT2D eigenvalue weighted by atomic mass is 16.4. The second kappa shape index (κ2) is 6.35. The van der Waals surface area contributed by atoms with Crippen LogP contribution in [0.2, 0.25) is 0 Å². The molecule has 0 bridgehead atoms. The van der Waals surface area contributed by atoms with Crippen LogP contribution >= 0.6 is 0 Å². The number of hydrogen-bond donors (Lipinski definition) is 2. The lowest BCUT2D eigenvalue weighted by Crippen LogP contribution is -2.00. The van der Waals surface area contributed by atoms with E-state index in [-0.39, 0.29) is 5.69 Å². The maximum Gasteiger partial charge on any atom is 0.354 e. The Morgan fingerprint density at radius 1 is 0.786 bits per heavy atom. The molecule has 0 atom stereocenters. The van der Waals surface area contributed by atoms with Crippen LogP contribution in [0.15, 0.2) is 85.1 Å². The standard InChI is InChI=1S/C24H16N2O2/c27-24(28)22-13-11-19-21(26-22)12-10-18(20-9-4-14-25-20)23(19)17-8-3-6-15-5-1-2-7-16(15)17/h1-14,25H,(H,27,28). The van der Waals surface area contributed by atoms with Gasteiger partial charge < -0.3 is 10.1 Å². The molecule has 0 fully saturated rings. The summed E-state index contributed by atoms with van der Waals surface area (Å²) in [5, 5.41) is 12.5. The highest BCUT2D eigenvalue weighted by Gasteiger charge is 2.16. The molecule has 0 spiro atoms. The number of aromatic carboxylic acids is 1. The molecule has 5 aromatic rings. The summed E-state index contributed by atoms with van der Waals surface area (Å²) < 4.78 is 0. The van der Waals surface area contributed by atoms with Crippen molar-refractivity contribution in [2.24, 2.45) is 0 Å². The molecule has 2 heterocycles. The van der Waals surface area contributed by atoms with Crippen molar-refractivity contribution in [3.05, 3.63) is 90.8 Å². The second-order valence-corrected chi connectivity index (χ2v) is 6.67. The second-order valence-electron chi connectivity index (χ2n) is 6.67. The third kappa shape index (κ3) is 2.55. The molecule has 0 aliphatic carbocycles. The number of nitrogens with zero attached hydrogens (tertiary/aromatic N) is 1. The molecule has 28 heavy (non-hydrogen) atoms. The number of benzene rings is 3. The summed E-state index contributed by atoms with van der Waals surface area (Å²) in [6, 6.07) is 25.8. The molecular weight excluding hydrogens is 348 g/mol. The Morgan fingerprint density at radius 3 is 2.46 bits per heavy atom. The summed E-state index contributed by atoms with van der Waals surface area (Å²) in [5.41, 5.74) is 4.91. The zero-order valence-electron chi connectivity index (χ0n) is 14.9. The van der Waals surface area contributed by atoms with Gasteiger partial charge in [-0.25, -0.2) is 9.78 Å². The Labute approximate surface area is 161 Å². The minimum Gasteiger partial charge on any atom is -0.477 e. The van der Waals surface area contributed by atoms with Gasteiger partial charge in [0, 0.05) is 28.4 Å².